The van der Waals surface area contributed by atoms with E-state index in [1.807, 2.05) is 32.0 Å². The Balaban J connectivity index is 3.13. The molecule has 0 radical (unpaired) electrons. The van der Waals surface area contributed by atoms with Crippen molar-refractivity contribution >= 4 is 14.2 Å². The van der Waals surface area contributed by atoms with Crippen LogP contribution in [0.1, 0.15) is 45.0 Å². The van der Waals surface area contributed by atoms with Gasteiger partial charge in [-0.3, -0.25) is 4.79 Å². The maximum absolute atomic E-state index is 12.7. The molecule has 0 bridgehead atoms. The maximum Gasteiger partial charge on any atom is 0.251 e. The number of carbonyl (C=O) groups excluding carboxylic acids is 1. The molecule has 146 valence electrons. The second-order valence-electron chi connectivity index (χ2n) is 8.68. The van der Waals surface area contributed by atoms with Crippen molar-refractivity contribution in [2.24, 2.45) is 5.92 Å². The standard InChI is InChI=1S/C21H35NO3Si/c1-9-17(23)19(25-26(7,8)21(4,5)6)18(15(2)3)22-20(24)16-13-11-10-12-14-16/h9-15,17-19,23H,1H2,2-8H3,(H,22,24)/t17-,18+,19+/m1/s1. The van der Waals surface area contributed by atoms with Gasteiger partial charge in [0.1, 0.15) is 0 Å². The molecule has 0 aliphatic carbocycles. The zero-order valence-corrected chi connectivity index (χ0v) is 18.2. The van der Waals surface area contributed by atoms with E-state index in [4.69, 9.17) is 4.43 Å². The van der Waals surface area contributed by atoms with E-state index in [0.29, 0.717) is 5.56 Å². The quantitative estimate of drug-likeness (QED) is 0.522. The SMILES string of the molecule is C=C[C@@H](O)[C@H](O[Si](C)(C)C(C)(C)C)[C@@H](NC(=O)c1ccccc1)C(C)C. The minimum atomic E-state index is -2.15. The molecule has 0 saturated carbocycles. The predicted molar refractivity (Wildman–Crippen MR) is 111 cm³/mol. The Morgan fingerprint density at radius 1 is 1.23 bits per heavy atom. The molecule has 0 heterocycles. The summed E-state index contributed by atoms with van der Waals surface area (Å²) in [5, 5.41) is 13.6. The molecule has 4 nitrogen and oxygen atoms in total. The Bertz CT molecular complexity index is 593. The number of nitrogens with one attached hydrogen (secondary N) is 1. The van der Waals surface area contributed by atoms with Gasteiger partial charge in [0.05, 0.1) is 18.2 Å². The van der Waals surface area contributed by atoms with Gasteiger partial charge >= 0.3 is 0 Å². The number of benzene rings is 1. The lowest BCUT2D eigenvalue weighted by molar-refractivity contribution is 0.0186. The van der Waals surface area contributed by atoms with Crippen molar-refractivity contribution in [3.8, 4) is 0 Å². The monoisotopic (exact) mass is 377 g/mol. The van der Waals surface area contributed by atoms with Crippen molar-refractivity contribution in [3.63, 3.8) is 0 Å². The molecule has 5 heteroatoms. The molecule has 0 aliphatic heterocycles. The van der Waals surface area contributed by atoms with Gasteiger partial charge in [0.15, 0.2) is 8.32 Å². The number of rotatable bonds is 8. The van der Waals surface area contributed by atoms with Gasteiger partial charge in [-0.2, -0.15) is 0 Å². The van der Waals surface area contributed by atoms with Crippen LogP contribution < -0.4 is 5.32 Å². The zero-order chi connectivity index (χ0) is 20.1. The number of carbonyl (C=O) groups is 1. The molecule has 0 unspecified atom stereocenters. The molecule has 0 aromatic heterocycles. The van der Waals surface area contributed by atoms with Gasteiger partial charge in [-0.05, 0) is 36.2 Å². The first-order valence-corrected chi connectivity index (χ1v) is 12.2. The van der Waals surface area contributed by atoms with Crippen molar-refractivity contribution < 1.29 is 14.3 Å². The Kier molecular flexibility index (Phi) is 7.80. The summed E-state index contributed by atoms with van der Waals surface area (Å²) in [5.74, 6) is -0.0728. The Hall–Kier alpha value is -1.43. The van der Waals surface area contributed by atoms with Gasteiger partial charge in [-0.25, -0.2) is 0 Å². The average Bonchev–Trinajstić information content (AvgIpc) is 2.56. The topological polar surface area (TPSA) is 58.6 Å². The van der Waals surface area contributed by atoms with Crippen molar-refractivity contribution in [3.05, 3.63) is 48.6 Å². The summed E-state index contributed by atoms with van der Waals surface area (Å²) in [5.41, 5.74) is 0.595. The third-order valence-electron chi connectivity index (χ3n) is 5.22. The summed E-state index contributed by atoms with van der Waals surface area (Å²) in [4.78, 5) is 12.7. The van der Waals surface area contributed by atoms with Gasteiger partial charge in [0, 0.05) is 5.56 Å². The van der Waals surface area contributed by atoms with E-state index >= 15 is 0 Å². The molecule has 3 atom stereocenters. The second kappa shape index (κ2) is 8.98. The largest absolute Gasteiger partial charge is 0.409 e. The van der Waals surface area contributed by atoms with E-state index in [1.54, 1.807) is 12.1 Å². The Morgan fingerprint density at radius 2 is 1.77 bits per heavy atom. The third kappa shape index (κ3) is 5.79. The van der Waals surface area contributed by atoms with Gasteiger partial charge in [0.25, 0.3) is 5.91 Å². The summed E-state index contributed by atoms with van der Waals surface area (Å²) in [7, 11) is -2.15. The first-order chi connectivity index (χ1) is 11.9. The van der Waals surface area contributed by atoms with Crippen LogP contribution in [0.5, 0.6) is 0 Å². The van der Waals surface area contributed by atoms with Crippen LogP contribution >= 0.6 is 0 Å². The van der Waals surface area contributed by atoms with Crippen molar-refractivity contribution in [1.82, 2.24) is 5.32 Å². The normalized spacial score (nSPS) is 16.0. The molecule has 2 N–H and O–H groups in total. The Morgan fingerprint density at radius 3 is 2.19 bits per heavy atom. The lowest BCUT2D eigenvalue weighted by Crippen LogP contribution is -2.57. The predicted octanol–water partition coefficient (Wildman–Crippen LogP) is 4.38. The van der Waals surface area contributed by atoms with E-state index < -0.39 is 20.5 Å². The van der Waals surface area contributed by atoms with Crippen LogP contribution in [0.4, 0.5) is 0 Å². The molecule has 26 heavy (non-hydrogen) atoms. The van der Waals surface area contributed by atoms with E-state index in [2.05, 4.69) is 45.8 Å². The minimum Gasteiger partial charge on any atom is -0.409 e. The third-order valence-corrected chi connectivity index (χ3v) is 9.69. The van der Waals surface area contributed by atoms with Crippen LogP contribution in [-0.4, -0.2) is 37.6 Å². The highest BCUT2D eigenvalue weighted by molar-refractivity contribution is 6.74. The summed E-state index contributed by atoms with van der Waals surface area (Å²) in [6, 6.07) is 8.77. The number of hydrogen-bond acceptors (Lipinski definition) is 3. The van der Waals surface area contributed by atoms with Crippen LogP contribution in [0.25, 0.3) is 0 Å². The van der Waals surface area contributed by atoms with Crippen molar-refractivity contribution in [2.75, 3.05) is 0 Å². The minimum absolute atomic E-state index is 0.00287. The fraction of sp³-hybridized carbons (Fsp3) is 0.571. The van der Waals surface area contributed by atoms with Crippen molar-refractivity contribution in [2.45, 2.75) is 71.0 Å². The fourth-order valence-electron chi connectivity index (χ4n) is 2.46. The van der Waals surface area contributed by atoms with E-state index in [-0.39, 0.29) is 22.9 Å². The molecule has 0 spiro atoms. The Labute approximate surface area is 159 Å². The summed E-state index contributed by atoms with van der Waals surface area (Å²) in [6.07, 6.45) is 0.0932. The summed E-state index contributed by atoms with van der Waals surface area (Å²) in [6.45, 7) is 18.5. The number of amides is 1. The molecule has 1 aromatic carbocycles. The summed E-state index contributed by atoms with van der Waals surface area (Å²) < 4.78 is 6.52. The first-order valence-electron chi connectivity index (χ1n) is 9.25. The van der Waals surface area contributed by atoms with Gasteiger partial charge in [-0.15, -0.1) is 6.58 Å². The zero-order valence-electron chi connectivity index (χ0n) is 17.2. The van der Waals surface area contributed by atoms with E-state index in [0.717, 1.165) is 0 Å². The van der Waals surface area contributed by atoms with Crippen LogP contribution in [0, 0.1) is 5.92 Å². The van der Waals surface area contributed by atoms with Crippen LogP contribution in [-0.2, 0) is 4.43 Å². The lowest BCUT2D eigenvalue weighted by Gasteiger charge is -2.43. The number of aliphatic hydroxyl groups is 1. The highest BCUT2D eigenvalue weighted by Gasteiger charge is 2.43. The first kappa shape index (κ1) is 22.6. The molecular formula is C21H35NO3Si. The summed E-state index contributed by atoms with van der Waals surface area (Å²) >= 11 is 0. The molecule has 1 rings (SSSR count). The maximum atomic E-state index is 12.7. The van der Waals surface area contributed by atoms with Crippen LogP contribution in [0.3, 0.4) is 0 Å². The molecule has 0 saturated heterocycles. The molecule has 1 aromatic rings. The number of aliphatic hydroxyl groups excluding tert-OH is 1. The molecule has 0 fully saturated rings. The highest BCUT2D eigenvalue weighted by Crippen LogP contribution is 2.38. The number of hydrogen-bond donors (Lipinski definition) is 2. The molecule has 1 amide bonds. The van der Waals surface area contributed by atoms with Crippen molar-refractivity contribution in [1.29, 1.82) is 0 Å². The van der Waals surface area contributed by atoms with Gasteiger partial charge in [0.2, 0.25) is 0 Å². The second-order valence-corrected chi connectivity index (χ2v) is 13.4. The average molecular weight is 378 g/mol. The van der Waals surface area contributed by atoms with Crippen LogP contribution in [0.2, 0.25) is 18.1 Å². The van der Waals surface area contributed by atoms with Crippen LogP contribution in [0.15, 0.2) is 43.0 Å². The molecular weight excluding hydrogens is 342 g/mol. The molecule has 0 aliphatic rings. The fourth-order valence-corrected chi connectivity index (χ4v) is 3.78. The van der Waals surface area contributed by atoms with Gasteiger partial charge in [-0.1, -0.05) is 58.9 Å². The van der Waals surface area contributed by atoms with E-state index in [1.165, 1.54) is 6.08 Å². The van der Waals surface area contributed by atoms with Gasteiger partial charge < -0.3 is 14.8 Å². The van der Waals surface area contributed by atoms with E-state index in [9.17, 15) is 9.90 Å². The highest BCUT2D eigenvalue weighted by atomic mass is 28.4. The smallest absolute Gasteiger partial charge is 0.251 e. The lowest BCUT2D eigenvalue weighted by atomic mass is 9.94.